The molecular formula is C16H22Cl2N2O4. The first-order chi connectivity index (χ1) is 11.1. The normalized spacial score (nSPS) is 11.1. The highest BCUT2D eigenvalue weighted by atomic mass is 35.5. The van der Waals surface area contributed by atoms with Crippen LogP contribution in [0.1, 0.15) is 20.8 Å². The topological polar surface area (TPSA) is 67.9 Å². The molecule has 0 aliphatic heterocycles. The van der Waals surface area contributed by atoms with Crippen molar-refractivity contribution in [2.24, 2.45) is 0 Å². The van der Waals surface area contributed by atoms with E-state index in [4.69, 9.17) is 32.7 Å². The molecule has 0 radical (unpaired) electrons. The van der Waals surface area contributed by atoms with Crippen molar-refractivity contribution in [2.45, 2.75) is 26.4 Å². The molecule has 0 unspecified atom stereocenters. The van der Waals surface area contributed by atoms with Crippen molar-refractivity contribution in [1.82, 2.24) is 4.90 Å². The molecule has 0 atom stereocenters. The van der Waals surface area contributed by atoms with E-state index in [1.54, 1.807) is 32.9 Å². The largest absolute Gasteiger partial charge is 0.444 e. The van der Waals surface area contributed by atoms with Gasteiger partial charge in [-0.2, -0.15) is 0 Å². The number of nitrogens with zero attached hydrogens (tertiary/aromatic N) is 1. The van der Waals surface area contributed by atoms with Crippen molar-refractivity contribution in [3.8, 4) is 0 Å². The second-order valence-corrected chi connectivity index (χ2v) is 6.89. The lowest BCUT2D eigenvalue weighted by molar-refractivity contribution is -0.117. The number of hydrogen-bond acceptors (Lipinski definition) is 4. The smallest absolute Gasteiger partial charge is 0.410 e. The molecule has 8 heteroatoms. The summed E-state index contributed by atoms with van der Waals surface area (Å²) in [6.45, 7) is 5.64. The predicted octanol–water partition coefficient (Wildman–Crippen LogP) is 3.82. The molecule has 24 heavy (non-hydrogen) atoms. The van der Waals surface area contributed by atoms with Gasteiger partial charge in [0.25, 0.3) is 0 Å². The van der Waals surface area contributed by atoms with Crippen LogP contribution in [0.25, 0.3) is 0 Å². The maximum Gasteiger partial charge on any atom is 0.410 e. The molecule has 0 saturated heterocycles. The summed E-state index contributed by atoms with van der Waals surface area (Å²) < 4.78 is 10.3. The number of ether oxygens (including phenoxy) is 2. The fourth-order valence-electron chi connectivity index (χ4n) is 1.71. The van der Waals surface area contributed by atoms with Gasteiger partial charge in [0, 0.05) is 19.3 Å². The van der Waals surface area contributed by atoms with E-state index < -0.39 is 11.7 Å². The monoisotopic (exact) mass is 376 g/mol. The minimum atomic E-state index is -0.650. The summed E-state index contributed by atoms with van der Waals surface area (Å²) in [5.74, 6) is -0.379. The number of amides is 2. The van der Waals surface area contributed by atoms with Crippen LogP contribution in [-0.4, -0.2) is 49.3 Å². The van der Waals surface area contributed by atoms with Crippen LogP contribution in [0.15, 0.2) is 18.2 Å². The third kappa shape index (κ3) is 7.38. The number of halogens is 2. The molecule has 0 bridgehead atoms. The van der Waals surface area contributed by atoms with Gasteiger partial charge in [0.15, 0.2) is 0 Å². The van der Waals surface area contributed by atoms with E-state index in [9.17, 15) is 9.59 Å². The molecule has 134 valence electrons. The Balaban J connectivity index is 2.72. The van der Waals surface area contributed by atoms with Crippen LogP contribution in [0.2, 0.25) is 10.0 Å². The zero-order chi connectivity index (χ0) is 18.3. The van der Waals surface area contributed by atoms with Crippen LogP contribution in [0, 0.1) is 0 Å². The molecule has 0 fully saturated rings. The van der Waals surface area contributed by atoms with E-state index in [1.807, 2.05) is 0 Å². The summed E-state index contributed by atoms with van der Waals surface area (Å²) in [7, 11) is 1.52. The first kappa shape index (κ1) is 20.5. The number of rotatable bonds is 6. The Hall–Kier alpha value is -1.50. The summed E-state index contributed by atoms with van der Waals surface area (Å²) in [5.41, 5.74) is -0.159. The first-order valence-electron chi connectivity index (χ1n) is 7.34. The summed E-state index contributed by atoms with van der Waals surface area (Å²) in [6, 6.07) is 4.74. The Morgan fingerprint density at radius 1 is 1.21 bits per heavy atom. The van der Waals surface area contributed by atoms with Crippen LogP contribution >= 0.6 is 23.2 Å². The number of benzene rings is 1. The van der Waals surface area contributed by atoms with Gasteiger partial charge in [-0.1, -0.05) is 23.2 Å². The van der Waals surface area contributed by atoms with Crippen LogP contribution in [-0.2, 0) is 14.3 Å². The first-order valence-corrected chi connectivity index (χ1v) is 8.09. The SMILES string of the molecule is COCCN(CC(=O)Nc1ccc(Cl)c(Cl)c1)C(=O)OC(C)(C)C. The van der Waals surface area contributed by atoms with E-state index in [0.717, 1.165) is 0 Å². The van der Waals surface area contributed by atoms with Crippen LogP contribution < -0.4 is 5.32 Å². The highest BCUT2D eigenvalue weighted by molar-refractivity contribution is 6.42. The molecule has 1 aromatic carbocycles. The van der Waals surface area contributed by atoms with Crippen molar-refractivity contribution in [3.05, 3.63) is 28.2 Å². The van der Waals surface area contributed by atoms with Crippen LogP contribution in [0.4, 0.5) is 10.5 Å². The number of anilines is 1. The predicted molar refractivity (Wildman–Crippen MR) is 94.8 cm³/mol. The summed E-state index contributed by atoms with van der Waals surface area (Å²) in [6.07, 6.45) is -0.580. The maximum absolute atomic E-state index is 12.2. The zero-order valence-electron chi connectivity index (χ0n) is 14.2. The average molecular weight is 377 g/mol. The molecule has 0 heterocycles. The summed E-state index contributed by atoms with van der Waals surface area (Å²) >= 11 is 11.7. The second-order valence-electron chi connectivity index (χ2n) is 6.07. The van der Waals surface area contributed by atoms with Crippen LogP contribution in [0.3, 0.4) is 0 Å². The fourth-order valence-corrected chi connectivity index (χ4v) is 2.01. The van der Waals surface area contributed by atoms with Gasteiger partial charge in [-0.15, -0.1) is 0 Å². The quantitative estimate of drug-likeness (QED) is 0.819. The zero-order valence-corrected chi connectivity index (χ0v) is 15.7. The Kier molecular flexibility index (Phi) is 7.79. The standard InChI is InChI=1S/C16H22Cl2N2O4/c1-16(2,3)24-15(22)20(7-8-23-4)10-14(21)19-11-5-6-12(17)13(18)9-11/h5-6,9H,7-8,10H2,1-4H3,(H,19,21). The maximum atomic E-state index is 12.2. The van der Waals surface area contributed by atoms with E-state index in [2.05, 4.69) is 5.32 Å². The minimum absolute atomic E-state index is 0.168. The second kappa shape index (κ2) is 9.11. The van der Waals surface area contributed by atoms with Crippen molar-refractivity contribution in [2.75, 3.05) is 32.1 Å². The molecule has 1 rings (SSSR count). The lowest BCUT2D eigenvalue weighted by Crippen LogP contribution is -2.42. The third-order valence-corrected chi connectivity index (χ3v) is 3.49. The molecule has 0 saturated carbocycles. The lowest BCUT2D eigenvalue weighted by atomic mass is 10.2. The van der Waals surface area contributed by atoms with Crippen molar-refractivity contribution in [1.29, 1.82) is 0 Å². The van der Waals surface area contributed by atoms with E-state index in [-0.39, 0.29) is 19.0 Å². The van der Waals surface area contributed by atoms with Gasteiger partial charge < -0.3 is 14.8 Å². The third-order valence-electron chi connectivity index (χ3n) is 2.75. The average Bonchev–Trinajstić information content (AvgIpc) is 2.45. The van der Waals surface area contributed by atoms with E-state index in [0.29, 0.717) is 22.3 Å². The molecule has 0 spiro atoms. The van der Waals surface area contributed by atoms with Gasteiger partial charge in [0.2, 0.25) is 5.91 Å². The number of hydrogen-bond donors (Lipinski definition) is 1. The van der Waals surface area contributed by atoms with Crippen molar-refractivity contribution < 1.29 is 19.1 Å². The van der Waals surface area contributed by atoms with Gasteiger partial charge in [-0.25, -0.2) is 4.79 Å². The molecule has 6 nitrogen and oxygen atoms in total. The van der Waals surface area contributed by atoms with Gasteiger partial charge in [-0.3, -0.25) is 9.69 Å². The fraction of sp³-hybridized carbons (Fsp3) is 0.500. The van der Waals surface area contributed by atoms with Gasteiger partial charge >= 0.3 is 6.09 Å². The van der Waals surface area contributed by atoms with E-state index in [1.165, 1.54) is 18.1 Å². The highest BCUT2D eigenvalue weighted by Gasteiger charge is 2.23. The van der Waals surface area contributed by atoms with Crippen LogP contribution in [0.5, 0.6) is 0 Å². The molecule has 2 amide bonds. The van der Waals surface area contributed by atoms with Gasteiger partial charge in [0.05, 0.1) is 16.7 Å². The Bertz CT molecular complexity index is 588. The van der Waals surface area contributed by atoms with E-state index >= 15 is 0 Å². The molecule has 0 aliphatic rings. The van der Waals surface area contributed by atoms with Crippen molar-refractivity contribution in [3.63, 3.8) is 0 Å². The number of methoxy groups -OCH3 is 1. The van der Waals surface area contributed by atoms with Gasteiger partial charge in [-0.05, 0) is 39.0 Å². The number of carbonyl (C=O) groups excluding carboxylic acids is 2. The lowest BCUT2D eigenvalue weighted by Gasteiger charge is -2.26. The Labute approximate surface area is 152 Å². The molecular weight excluding hydrogens is 355 g/mol. The highest BCUT2D eigenvalue weighted by Crippen LogP contribution is 2.25. The Morgan fingerprint density at radius 3 is 2.42 bits per heavy atom. The summed E-state index contributed by atoms with van der Waals surface area (Å²) in [5, 5.41) is 3.39. The molecule has 0 aromatic heterocycles. The number of nitrogens with one attached hydrogen (secondary N) is 1. The summed E-state index contributed by atoms with van der Waals surface area (Å²) in [4.78, 5) is 25.6. The number of carbonyl (C=O) groups is 2. The minimum Gasteiger partial charge on any atom is -0.444 e. The van der Waals surface area contributed by atoms with Gasteiger partial charge in [0.1, 0.15) is 12.1 Å². The molecule has 0 aliphatic carbocycles. The Morgan fingerprint density at radius 2 is 1.88 bits per heavy atom. The molecule has 1 aromatic rings. The molecule has 1 N–H and O–H groups in total. The van der Waals surface area contributed by atoms with Crippen molar-refractivity contribution >= 4 is 40.9 Å².